The van der Waals surface area contributed by atoms with Crippen LogP contribution in [0.4, 0.5) is 0 Å². The Kier molecular flexibility index (Phi) is 3.34. The summed E-state index contributed by atoms with van der Waals surface area (Å²) >= 11 is 0. The molecule has 1 heterocycles. The molecule has 0 saturated heterocycles. The first kappa shape index (κ1) is 10.4. The van der Waals surface area contributed by atoms with Crippen LogP contribution in [0.2, 0.25) is 0 Å². The molecule has 0 aromatic carbocycles. The highest BCUT2D eigenvalue weighted by Gasteiger charge is 2.25. The topological polar surface area (TPSA) is 67.3 Å². The average Bonchev–Trinajstić information content (AvgIpc) is 2.19. The lowest BCUT2D eigenvalue weighted by atomic mass is 9.99. The molecule has 4 heteroatoms. The van der Waals surface area contributed by atoms with Gasteiger partial charge in [0.15, 0.2) is 5.78 Å². The summed E-state index contributed by atoms with van der Waals surface area (Å²) < 4.78 is 0. The van der Waals surface area contributed by atoms with Crippen LogP contribution in [0.1, 0.15) is 23.8 Å². The normalized spacial score (nSPS) is 12.1. The molecule has 4 nitrogen and oxygen atoms in total. The summed E-state index contributed by atoms with van der Waals surface area (Å²) in [6.07, 6.45) is 1.76. The summed E-state index contributed by atoms with van der Waals surface area (Å²) in [7, 11) is 0. The van der Waals surface area contributed by atoms with Crippen LogP contribution in [0.3, 0.4) is 0 Å². The summed E-state index contributed by atoms with van der Waals surface area (Å²) in [5, 5.41) is 8.76. The average molecular weight is 193 g/mol. The van der Waals surface area contributed by atoms with Crippen molar-refractivity contribution in [2.75, 3.05) is 0 Å². The van der Waals surface area contributed by atoms with E-state index in [1.54, 1.807) is 19.1 Å². The van der Waals surface area contributed by atoms with E-state index in [4.69, 9.17) is 5.11 Å². The summed E-state index contributed by atoms with van der Waals surface area (Å²) in [5.74, 6) is -2.51. The molecule has 0 radical (unpaired) electrons. The third-order valence-electron chi connectivity index (χ3n) is 1.94. The van der Waals surface area contributed by atoms with Crippen LogP contribution in [0.15, 0.2) is 24.4 Å². The number of carboxylic acids is 1. The second kappa shape index (κ2) is 4.50. The van der Waals surface area contributed by atoms with E-state index in [9.17, 15) is 9.59 Å². The Labute approximate surface area is 81.6 Å². The Balaban J connectivity index is 2.89. The molecular formula is C10H11NO3. The number of carboxylic acid groups (broad SMARTS) is 1. The molecule has 74 valence electrons. The maximum Gasteiger partial charge on any atom is 0.314 e. The van der Waals surface area contributed by atoms with Crippen molar-refractivity contribution in [1.82, 2.24) is 4.98 Å². The SMILES string of the molecule is CC[C@@H](C(=O)O)C(=O)c1ccccn1. The van der Waals surface area contributed by atoms with Gasteiger partial charge in [-0.3, -0.25) is 14.6 Å². The lowest BCUT2D eigenvalue weighted by molar-refractivity contribution is -0.140. The number of hydrogen-bond donors (Lipinski definition) is 1. The summed E-state index contributed by atoms with van der Waals surface area (Å²) in [6.45, 7) is 1.67. The molecule has 0 amide bonds. The Hall–Kier alpha value is -1.71. The highest BCUT2D eigenvalue weighted by atomic mass is 16.4. The van der Waals surface area contributed by atoms with Gasteiger partial charge in [0.25, 0.3) is 0 Å². The summed E-state index contributed by atoms with van der Waals surface area (Å²) in [5.41, 5.74) is 0.210. The zero-order valence-electron chi connectivity index (χ0n) is 7.80. The molecule has 1 N–H and O–H groups in total. The van der Waals surface area contributed by atoms with E-state index in [2.05, 4.69) is 4.98 Å². The number of nitrogens with zero attached hydrogens (tertiary/aromatic N) is 1. The molecule has 14 heavy (non-hydrogen) atoms. The molecule has 0 aliphatic heterocycles. The lowest BCUT2D eigenvalue weighted by Gasteiger charge is -2.06. The number of ketones is 1. The Morgan fingerprint density at radius 1 is 1.50 bits per heavy atom. The van der Waals surface area contributed by atoms with Crippen molar-refractivity contribution in [2.24, 2.45) is 5.92 Å². The first-order valence-corrected chi connectivity index (χ1v) is 4.35. The number of pyridine rings is 1. The molecule has 1 rings (SSSR count). The van der Waals surface area contributed by atoms with Gasteiger partial charge in [0.1, 0.15) is 11.6 Å². The fraction of sp³-hybridized carbons (Fsp3) is 0.300. The number of carbonyl (C=O) groups is 2. The minimum atomic E-state index is -1.09. The molecule has 1 atom stereocenters. The largest absolute Gasteiger partial charge is 0.481 e. The Morgan fingerprint density at radius 2 is 2.21 bits per heavy atom. The fourth-order valence-electron chi connectivity index (χ4n) is 1.16. The molecule has 0 fully saturated rings. The zero-order valence-corrected chi connectivity index (χ0v) is 7.80. The minimum Gasteiger partial charge on any atom is -0.481 e. The molecule has 1 aromatic rings. The highest BCUT2D eigenvalue weighted by molar-refractivity contribution is 6.06. The van der Waals surface area contributed by atoms with Gasteiger partial charge in [0.05, 0.1) is 0 Å². The second-order valence-electron chi connectivity index (χ2n) is 2.88. The van der Waals surface area contributed by atoms with Crippen LogP contribution in [-0.2, 0) is 4.79 Å². The van der Waals surface area contributed by atoms with Crippen molar-refractivity contribution in [1.29, 1.82) is 0 Å². The fourth-order valence-corrected chi connectivity index (χ4v) is 1.16. The summed E-state index contributed by atoms with van der Waals surface area (Å²) in [4.78, 5) is 26.1. The van der Waals surface area contributed by atoms with Gasteiger partial charge in [0, 0.05) is 6.20 Å². The minimum absolute atomic E-state index is 0.210. The molecule has 0 spiro atoms. The zero-order chi connectivity index (χ0) is 10.6. The van der Waals surface area contributed by atoms with E-state index in [0.717, 1.165) is 0 Å². The second-order valence-corrected chi connectivity index (χ2v) is 2.88. The van der Waals surface area contributed by atoms with Gasteiger partial charge in [-0.25, -0.2) is 0 Å². The van der Waals surface area contributed by atoms with Crippen molar-refractivity contribution in [3.63, 3.8) is 0 Å². The van der Waals surface area contributed by atoms with Gasteiger partial charge in [-0.15, -0.1) is 0 Å². The van der Waals surface area contributed by atoms with Crippen molar-refractivity contribution in [3.05, 3.63) is 30.1 Å². The van der Waals surface area contributed by atoms with Crippen LogP contribution in [0.5, 0.6) is 0 Å². The number of carbonyl (C=O) groups excluding carboxylic acids is 1. The van der Waals surface area contributed by atoms with Crippen molar-refractivity contribution in [2.45, 2.75) is 13.3 Å². The van der Waals surface area contributed by atoms with Crippen LogP contribution in [0.25, 0.3) is 0 Å². The maximum atomic E-state index is 11.6. The molecule has 0 unspecified atom stereocenters. The number of aromatic nitrogens is 1. The number of hydrogen-bond acceptors (Lipinski definition) is 3. The van der Waals surface area contributed by atoms with Gasteiger partial charge in [-0.2, -0.15) is 0 Å². The number of rotatable bonds is 4. The predicted molar refractivity (Wildman–Crippen MR) is 50.0 cm³/mol. The third kappa shape index (κ3) is 2.16. The van der Waals surface area contributed by atoms with E-state index in [-0.39, 0.29) is 12.1 Å². The van der Waals surface area contributed by atoms with Gasteiger partial charge in [0.2, 0.25) is 0 Å². The van der Waals surface area contributed by atoms with E-state index in [1.165, 1.54) is 12.3 Å². The Bertz CT molecular complexity index is 334. The van der Waals surface area contributed by atoms with Crippen LogP contribution < -0.4 is 0 Å². The van der Waals surface area contributed by atoms with Crippen LogP contribution in [-0.4, -0.2) is 21.8 Å². The highest BCUT2D eigenvalue weighted by Crippen LogP contribution is 2.10. The molecule has 0 bridgehead atoms. The first-order valence-electron chi connectivity index (χ1n) is 4.35. The standard InChI is InChI=1S/C10H11NO3/c1-2-7(10(13)14)9(12)8-5-3-4-6-11-8/h3-7H,2H2,1H3,(H,13,14)/t7-/m1/s1. The van der Waals surface area contributed by atoms with Crippen LogP contribution in [0, 0.1) is 5.92 Å². The van der Waals surface area contributed by atoms with Crippen molar-refractivity contribution in [3.8, 4) is 0 Å². The van der Waals surface area contributed by atoms with E-state index in [1.807, 2.05) is 0 Å². The van der Waals surface area contributed by atoms with E-state index in [0.29, 0.717) is 0 Å². The van der Waals surface area contributed by atoms with Crippen LogP contribution >= 0.6 is 0 Å². The van der Waals surface area contributed by atoms with Gasteiger partial charge >= 0.3 is 5.97 Å². The monoisotopic (exact) mass is 193 g/mol. The van der Waals surface area contributed by atoms with Gasteiger partial charge < -0.3 is 5.11 Å². The smallest absolute Gasteiger partial charge is 0.314 e. The predicted octanol–water partition coefficient (Wildman–Crippen LogP) is 1.38. The molecule has 0 saturated carbocycles. The van der Waals surface area contributed by atoms with Crippen molar-refractivity contribution >= 4 is 11.8 Å². The van der Waals surface area contributed by atoms with Gasteiger partial charge in [-0.1, -0.05) is 13.0 Å². The number of aliphatic carboxylic acids is 1. The quantitative estimate of drug-likeness (QED) is 0.579. The third-order valence-corrected chi connectivity index (χ3v) is 1.94. The lowest BCUT2D eigenvalue weighted by Crippen LogP contribution is -2.23. The first-order chi connectivity index (χ1) is 6.66. The van der Waals surface area contributed by atoms with E-state index >= 15 is 0 Å². The van der Waals surface area contributed by atoms with Gasteiger partial charge in [-0.05, 0) is 18.6 Å². The molecule has 1 aromatic heterocycles. The molecular weight excluding hydrogens is 182 g/mol. The summed E-state index contributed by atoms with van der Waals surface area (Å²) in [6, 6.07) is 4.86. The van der Waals surface area contributed by atoms with E-state index < -0.39 is 17.7 Å². The Morgan fingerprint density at radius 3 is 2.64 bits per heavy atom. The molecule has 0 aliphatic carbocycles. The number of Topliss-reactive ketones (excluding diaryl/α,β-unsaturated/α-hetero) is 1. The maximum absolute atomic E-state index is 11.6. The molecule has 0 aliphatic rings. The van der Waals surface area contributed by atoms with Crippen molar-refractivity contribution < 1.29 is 14.7 Å².